The molecule has 1 amide bonds. The van der Waals surface area contributed by atoms with Crippen molar-refractivity contribution in [3.05, 3.63) is 53.9 Å². The summed E-state index contributed by atoms with van der Waals surface area (Å²) in [5, 5.41) is 16.1. The number of aliphatic hydroxyl groups is 1. The number of rotatable bonds is 8. The van der Waals surface area contributed by atoms with Gasteiger partial charge in [-0.2, -0.15) is 0 Å². The summed E-state index contributed by atoms with van der Waals surface area (Å²) >= 11 is 0. The summed E-state index contributed by atoms with van der Waals surface area (Å²) in [6.07, 6.45) is 2.52. The molecule has 2 aromatic heterocycles. The average Bonchev–Trinajstić information content (AvgIpc) is 3.47. The van der Waals surface area contributed by atoms with Crippen LogP contribution in [0.15, 0.2) is 42.6 Å². The Bertz CT molecular complexity index is 1140. The second-order valence-electron chi connectivity index (χ2n) is 8.10. The highest BCUT2D eigenvalue weighted by Crippen LogP contribution is 2.34. The fourth-order valence-electron chi connectivity index (χ4n) is 3.98. The van der Waals surface area contributed by atoms with Crippen LogP contribution in [0.2, 0.25) is 0 Å². The van der Waals surface area contributed by atoms with Crippen LogP contribution < -0.4 is 10.6 Å². The molecule has 3 aromatic rings. The Kier molecular flexibility index (Phi) is 6.90. The fraction of sp³-hybridized carbons (Fsp3) is 0.375. The molecule has 9 nitrogen and oxygen atoms in total. The highest BCUT2D eigenvalue weighted by atomic mass is 16.5. The number of aliphatic hydroxyl groups excluding tert-OH is 1. The first-order valence-corrected chi connectivity index (χ1v) is 11.0. The van der Waals surface area contributed by atoms with Crippen molar-refractivity contribution >= 4 is 34.3 Å². The lowest BCUT2D eigenvalue weighted by Gasteiger charge is -2.13. The number of nitrogens with one attached hydrogen (secondary N) is 2. The lowest BCUT2D eigenvalue weighted by Crippen LogP contribution is -2.28. The molecule has 0 spiro atoms. The molecule has 3 heterocycles. The van der Waals surface area contributed by atoms with Crippen LogP contribution in [0.5, 0.6) is 0 Å². The van der Waals surface area contributed by atoms with E-state index in [1.807, 2.05) is 43.3 Å². The maximum absolute atomic E-state index is 12.9. The molecule has 1 aromatic carbocycles. The molecule has 0 saturated carbocycles. The van der Waals surface area contributed by atoms with Gasteiger partial charge in [0.2, 0.25) is 0 Å². The highest BCUT2D eigenvalue weighted by Gasteiger charge is 2.30. The minimum absolute atomic E-state index is 0.0525. The maximum atomic E-state index is 12.9. The molecule has 0 unspecified atom stereocenters. The minimum atomic E-state index is -0.579. The number of fused-ring (bicyclic) bond motifs is 1. The van der Waals surface area contributed by atoms with Gasteiger partial charge in [-0.25, -0.2) is 9.78 Å². The Morgan fingerprint density at radius 3 is 2.79 bits per heavy atom. The van der Waals surface area contributed by atoms with E-state index < -0.39 is 12.1 Å². The zero-order chi connectivity index (χ0) is 23.4. The Labute approximate surface area is 191 Å². The normalized spacial score (nSPS) is 16.5. The van der Waals surface area contributed by atoms with Gasteiger partial charge in [-0.3, -0.25) is 4.79 Å². The third kappa shape index (κ3) is 4.84. The summed E-state index contributed by atoms with van der Waals surface area (Å²) < 4.78 is 12.4. The van der Waals surface area contributed by atoms with E-state index in [-0.39, 0.29) is 24.2 Å². The van der Waals surface area contributed by atoms with Crippen molar-refractivity contribution in [3.8, 4) is 0 Å². The van der Waals surface area contributed by atoms with Gasteiger partial charge in [0.05, 0.1) is 31.3 Å². The van der Waals surface area contributed by atoms with Crippen molar-refractivity contribution in [1.29, 1.82) is 0 Å². The van der Waals surface area contributed by atoms with Crippen LogP contribution in [0.4, 0.5) is 11.4 Å². The van der Waals surface area contributed by atoms with E-state index in [9.17, 15) is 14.7 Å². The lowest BCUT2D eigenvalue weighted by molar-refractivity contribution is -0.124. The number of esters is 1. The Morgan fingerprint density at radius 2 is 2.12 bits per heavy atom. The lowest BCUT2D eigenvalue weighted by atomic mass is 10.2. The van der Waals surface area contributed by atoms with E-state index in [2.05, 4.69) is 15.6 Å². The molecular weight excluding hydrogens is 424 g/mol. The Hall–Kier alpha value is -3.43. The molecule has 2 atom stereocenters. The number of hydrogen-bond acceptors (Lipinski definition) is 7. The molecule has 0 bridgehead atoms. The second-order valence-corrected chi connectivity index (χ2v) is 8.10. The van der Waals surface area contributed by atoms with Gasteiger partial charge >= 0.3 is 5.97 Å². The minimum Gasteiger partial charge on any atom is -0.464 e. The smallest absolute Gasteiger partial charge is 0.356 e. The van der Waals surface area contributed by atoms with Gasteiger partial charge in [-0.05, 0) is 31.4 Å². The van der Waals surface area contributed by atoms with Gasteiger partial charge in [0.1, 0.15) is 11.8 Å². The molecule has 1 aliphatic heterocycles. The van der Waals surface area contributed by atoms with Crippen LogP contribution in [0.25, 0.3) is 11.0 Å². The summed E-state index contributed by atoms with van der Waals surface area (Å²) in [7, 11) is 1.31. The average molecular weight is 453 g/mol. The van der Waals surface area contributed by atoms with Crippen LogP contribution in [0.1, 0.15) is 35.8 Å². The topological polar surface area (TPSA) is 115 Å². The number of hydrogen-bond donors (Lipinski definition) is 3. The van der Waals surface area contributed by atoms with E-state index in [0.717, 1.165) is 12.0 Å². The summed E-state index contributed by atoms with van der Waals surface area (Å²) in [6, 6.07) is 11.3. The molecular formula is C24H28N4O5. The van der Waals surface area contributed by atoms with Crippen molar-refractivity contribution in [1.82, 2.24) is 9.55 Å². The van der Waals surface area contributed by atoms with Gasteiger partial charge in [0.15, 0.2) is 5.69 Å². The number of carbonyl (C=O) groups is 2. The number of benzene rings is 1. The van der Waals surface area contributed by atoms with Crippen molar-refractivity contribution in [2.45, 2.75) is 38.5 Å². The Balaban J connectivity index is 1.86. The van der Waals surface area contributed by atoms with Crippen molar-refractivity contribution < 1.29 is 24.2 Å². The summed E-state index contributed by atoms with van der Waals surface area (Å²) in [5.74, 6) is -0.886. The monoisotopic (exact) mass is 452 g/mol. The van der Waals surface area contributed by atoms with E-state index in [0.29, 0.717) is 42.0 Å². The Morgan fingerprint density at radius 1 is 1.33 bits per heavy atom. The number of ether oxygens (including phenoxy) is 2. The number of pyridine rings is 1. The molecule has 174 valence electrons. The summed E-state index contributed by atoms with van der Waals surface area (Å²) in [5.41, 5.74) is 2.70. The number of carbonyl (C=O) groups excluding carboxylic acids is 2. The maximum Gasteiger partial charge on any atom is 0.356 e. The number of amides is 1. The molecule has 4 rings (SSSR count). The van der Waals surface area contributed by atoms with Crippen LogP contribution >= 0.6 is 0 Å². The quantitative estimate of drug-likeness (QED) is 0.450. The van der Waals surface area contributed by atoms with E-state index in [1.165, 1.54) is 7.11 Å². The van der Waals surface area contributed by atoms with Crippen LogP contribution in [0, 0.1) is 0 Å². The second kappa shape index (κ2) is 10.0. The van der Waals surface area contributed by atoms with E-state index in [4.69, 9.17) is 9.47 Å². The zero-order valence-corrected chi connectivity index (χ0v) is 18.7. The van der Waals surface area contributed by atoms with E-state index >= 15 is 0 Å². The van der Waals surface area contributed by atoms with Crippen LogP contribution in [-0.4, -0.2) is 59.0 Å². The van der Waals surface area contributed by atoms with Gasteiger partial charge in [-0.15, -0.1) is 0 Å². The molecule has 1 saturated heterocycles. The first-order valence-electron chi connectivity index (χ1n) is 11.0. The van der Waals surface area contributed by atoms with Gasteiger partial charge in [-0.1, -0.05) is 30.3 Å². The van der Waals surface area contributed by atoms with Crippen LogP contribution in [-0.2, 0) is 20.8 Å². The van der Waals surface area contributed by atoms with Gasteiger partial charge in [0.25, 0.3) is 5.91 Å². The summed E-state index contributed by atoms with van der Waals surface area (Å²) in [4.78, 5) is 30.5. The highest BCUT2D eigenvalue weighted by molar-refractivity contribution is 6.12. The van der Waals surface area contributed by atoms with Crippen molar-refractivity contribution in [2.75, 3.05) is 31.0 Å². The predicted molar refractivity (Wildman–Crippen MR) is 124 cm³/mol. The van der Waals surface area contributed by atoms with Gasteiger partial charge < -0.3 is 29.8 Å². The van der Waals surface area contributed by atoms with Crippen LogP contribution in [0.3, 0.4) is 0 Å². The van der Waals surface area contributed by atoms with Crippen molar-refractivity contribution in [3.63, 3.8) is 0 Å². The van der Waals surface area contributed by atoms with Crippen molar-refractivity contribution in [2.24, 2.45) is 0 Å². The number of anilines is 2. The SMILES string of the molecule is COC(=O)c1c(NC(=O)[C@H]2CCCO2)c2cc(N[C@@H](C)CO)cnc2n1Cc1ccccc1. The first-order chi connectivity index (χ1) is 16.0. The first kappa shape index (κ1) is 22.8. The van der Waals surface area contributed by atoms with E-state index in [1.54, 1.807) is 10.8 Å². The van der Waals surface area contributed by atoms with Gasteiger partial charge in [0, 0.05) is 24.6 Å². The molecule has 3 N–H and O–H groups in total. The molecule has 33 heavy (non-hydrogen) atoms. The fourth-order valence-corrected chi connectivity index (χ4v) is 3.98. The molecule has 1 aliphatic rings. The number of aromatic nitrogens is 2. The third-order valence-electron chi connectivity index (χ3n) is 5.62. The zero-order valence-electron chi connectivity index (χ0n) is 18.7. The molecule has 0 aliphatic carbocycles. The largest absolute Gasteiger partial charge is 0.464 e. The standard InChI is InChI=1S/C24H28N4O5/c1-15(14-29)26-17-11-18-20(27-23(30)19-9-6-10-33-19)21(24(31)32-2)28(22(18)25-12-17)13-16-7-4-3-5-8-16/h3-5,7-8,11-12,15,19,26,29H,6,9-10,13-14H2,1-2H3,(H,27,30)/t15-,19+/m0/s1. The molecule has 9 heteroatoms. The number of nitrogens with zero attached hydrogens (tertiary/aromatic N) is 2. The number of methoxy groups -OCH3 is 1. The summed E-state index contributed by atoms with van der Waals surface area (Å²) in [6.45, 7) is 2.69. The predicted octanol–water partition coefficient (Wildman–Crippen LogP) is 2.78. The molecule has 1 fully saturated rings. The molecule has 0 radical (unpaired) electrons. The third-order valence-corrected chi connectivity index (χ3v) is 5.62.